The third kappa shape index (κ3) is 4.20. The fourth-order valence-electron chi connectivity index (χ4n) is 5.35. The van der Waals surface area contributed by atoms with Crippen LogP contribution in [0, 0.1) is 6.92 Å². The second-order valence-electron chi connectivity index (χ2n) is 8.79. The Hall–Kier alpha value is -1.59. The number of nitrogens with one attached hydrogen (secondary N) is 1. The van der Waals surface area contributed by atoms with Crippen LogP contribution in [0.4, 0.5) is 0 Å². The number of ether oxygens (including phenoxy) is 1. The van der Waals surface area contributed by atoms with Gasteiger partial charge in [-0.05, 0) is 31.7 Å². The zero-order valence-electron chi connectivity index (χ0n) is 17.6. The highest BCUT2D eigenvalue weighted by Crippen LogP contribution is 2.41. The lowest BCUT2D eigenvalue weighted by Gasteiger charge is -2.34. The molecule has 0 bridgehead atoms. The van der Waals surface area contributed by atoms with Crippen LogP contribution in [0.3, 0.4) is 0 Å². The molecule has 154 valence electrons. The summed E-state index contributed by atoms with van der Waals surface area (Å²) < 4.78 is 5.52. The van der Waals surface area contributed by atoms with Gasteiger partial charge in [0.25, 0.3) is 0 Å². The molecule has 0 spiro atoms. The van der Waals surface area contributed by atoms with Gasteiger partial charge < -0.3 is 15.0 Å². The van der Waals surface area contributed by atoms with E-state index in [9.17, 15) is 0 Å². The first-order valence-electron chi connectivity index (χ1n) is 11.0. The second kappa shape index (κ2) is 8.83. The van der Waals surface area contributed by atoms with Crippen LogP contribution in [0.15, 0.2) is 29.3 Å². The average molecular weight is 385 g/mol. The third-order valence-electron chi connectivity index (χ3n) is 7.01. The molecule has 1 atom stereocenters. The van der Waals surface area contributed by atoms with Crippen LogP contribution in [-0.2, 0) is 10.2 Å². The van der Waals surface area contributed by atoms with E-state index >= 15 is 0 Å². The summed E-state index contributed by atoms with van der Waals surface area (Å²) in [5, 5.41) is 3.77. The molecule has 0 amide bonds. The molecule has 0 radical (unpaired) electrons. The number of hydrogen-bond donors (Lipinski definition) is 1. The number of guanidine groups is 1. The maximum absolute atomic E-state index is 5.52. The third-order valence-corrected chi connectivity index (χ3v) is 7.01. The quantitative estimate of drug-likeness (QED) is 0.640. The van der Waals surface area contributed by atoms with Crippen LogP contribution >= 0.6 is 0 Å². The van der Waals surface area contributed by atoms with E-state index < -0.39 is 0 Å². The maximum atomic E-state index is 5.52. The van der Waals surface area contributed by atoms with Crippen molar-refractivity contribution in [1.82, 2.24) is 15.1 Å². The number of hydrogen-bond acceptors (Lipinski definition) is 3. The Kier molecular flexibility index (Phi) is 6.22. The van der Waals surface area contributed by atoms with E-state index in [-0.39, 0.29) is 5.41 Å². The van der Waals surface area contributed by atoms with E-state index in [2.05, 4.69) is 51.3 Å². The fourth-order valence-corrected chi connectivity index (χ4v) is 5.35. The van der Waals surface area contributed by atoms with Crippen LogP contribution in [0.2, 0.25) is 0 Å². The SMILES string of the molecule is CN=C(NCC1(c2cccc(C)c2)CCCC1)N1CCC(N2CCOCC2)C1. The summed E-state index contributed by atoms with van der Waals surface area (Å²) in [5.41, 5.74) is 3.12. The predicted octanol–water partition coefficient (Wildman–Crippen LogP) is 2.79. The highest BCUT2D eigenvalue weighted by atomic mass is 16.5. The summed E-state index contributed by atoms with van der Waals surface area (Å²) in [4.78, 5) is 9.70. The molecule has 2 heterocycles. The van der Waals surface area contributed by atoms with Gasteiger partial charge in [0.1, 0.15) is 0 Å². The molecule has 3 fully saturated rings. The van der Waals surface area contributed by atoms with Gasteiger partial charge in [0, 0.05) is 51.2 Å². The summed E-state index contributed by atoms with van der Waals surface area (Å²) in [6.07, 6.45) is 6.44. The lowest BCUT2D eigenvalue weighted by Crippen LogP contribution is -2.48. The van der Waals surface area contributed by atoms with Gasteiger partial charge >= 0.3 is 0 Å². The Morgan fingerprint density at radius 2 is 2.00 bits per heavy atom. The van der Waals surface area contributed by atoms with Crippen LogP contribution in [0.5, 0.6) is 0 Å². The van der Waals surface area contributed by atoms with Gasteiger partial charge in [0.15, 0.2) is 5.96 Å². The van der Waals surface area contributed by atoms with Crippen molar-refractivity contribution >= 4 is 5.96 Å². The van der Waals surface area contributed by atoms with Gasteiger partial charge in [-0.3, -0.25) is 9.89 Å². The Labute approximate surface area is 170 Å². The number of aryl methyl sites for hydroxylation is 1. The molecule has 5 nitrogen and oxygen atoms in total. The van der Waals surface area contributed by atoms with E-state index in [1.54, 1.807) is 0 Å². The summed E-state index contributed by atoms with van der Waals surface area (Å²) in [5.74, 6) is 1.08. The summed E-state index contributed by atoms with van der Waals surface area (Å²) in [7, 11) is 1.93. The van der Waals surface area contributed by atoms with Gasteiger partial charge in [-0.25, -0.2) is 0 Å². The summed E-state index contributed by atoms with van der Waals surface area (Å²) in [6.45, 7) is 9.26. The molecule has 28 heavy (non-hydrogen) atoms. The predicted molar refractivity (Wildman–Crippen MR) is 115 cm³/mol. The number of aliphatic imine (C=N–C) groups is 1. The van der Waals surface area contributed by atoms with E-state index in [1.807, 2.05) is 7.05 Å². The molecule has 5 heteroatoms. The van der Waals surface area contributed by atoms with Gasteiger partial charge in [0.05, 0.1) is 13.2 Å². The molecule has 4 rings (SSSR count). The first kappa shape index (κ1) is 19.7. The second-order valence-corrected chi connectivity index (χ2v) is 8.79. The Morgan fingerprint density at radius 1 is 1.21 bits per heavy atom. The molecule has 1 aromatic carbocycles. The van der Waals surface area contributed by atoms with Crippen LogP contribution in [-0.4, -0.2) is 74.8 Å². The van der Waals surface area contributed by atoms with Crippen molar-refractivity contribution in [1.29, 1.82) is 0 Å². The lowest BCUT2D eigenvalue weighted by atomic mass is 9.78. The van der Waals surface area contributed by atoms with Gasteiger partial charge in [-0.1, -0.05) is 42.7 Å². The number of benzene rings is 1. The Balaban J connectivity index is 1.39. The van der Waals surface area contributed by atoms with Crippen molar-refractivity contribution in [2.24, 2.45) is 4.99 Å². The van der Waals surface area contributed by atoms with E-state index in [0.29, 0.717) is 6.04 Å². The smallest absolute Gasteiger partial charge is 0.193 e. The monoisotopic (exact) mass is 384 g/mol. The average Bonchev–Trinajstić information content (AvgIpc) is 3.40. The van der Waals surface area contributed by atoms with Crippen molar-refractivity contribution in [3.63, 3.8) is 0 Å². The maximum Gasteiger partial charge on any atom is 0.193 e. The fraction of sp³-hybridized carbons (Fsp3) is 0.696. The number of likely N-dealkylation sites (tertiary alicyclic amines) is 1. The van der Waals surface area contributed by atoms with Crippen LogP contribution < -0.4 is 5.32 Å². The Bertz CT molecular complexity index is 677. The molecule has 1 aromatic rings. The van der Waals surface area contributed by atoms with Crippen molar-refractivity contribution in [3.05, 3.63) is 35.4 Å². The lowest BCUT2D eigenvalue weighted by molar-refractivity contribution is 0.0195. The molecule has 0 aromatic heterocycles. The largest absolute Gasteiger partial charge is 0.379 e. The van der Waals surface area contributed by atoms with Gasteiger partial charge in [-0.2, -0.15) is 0 Å². The molecule has 1 unspecified atom stereocenters. The standard InChI is InChI=1S/C23H36N4O/c1-19-6-5-7-20(16-19)23(9-3-4-10-23)18-25-22(24-2)27-11-8-21(17-27)26-12-14-28-15-13-26/h5-7,16,21H,3-4,8-15,17-18H2,1-2H3,(H,24,25). The highest BCUT2D eigenvalue weighted by molar-refractivity contribution is 5.80. The van der Waals surface area contributed by atoms with E-state index in [1.165, 1.54) is 43.2 Å². The molecular formula is C23H36N4O. The van der Waals surface area contributed by atoms with Crippen molar-refractivity contribution in [2.75, 3.05) is 53.0 Å². The van der Waals surface area contributed by atoms with Crippen molar-refractivity contribution in [2.45, 2.75) is 50.5 Å². The molecule has 1 N–H and O–H groups in total. The number of nitrogens with zero attached hydrogens (tertiary/aromatic N) is 3. The normalized spacial score (nSPS) is 26.0. The van der Waals surface area contributed by atoms with Crippen LogP contribution in [0.1, 0.15) is 43.2 Å². The molecular weight excluding hydrogens is 348 g/mol. The molecule has 2 aliphatic heterocycles. The van der Waals surface area contributed by atoms with Gasteiger partial charge in [-0.15, -0.1) is 0 Å². The summed E-state index contributed by atoms with van der Waals surface area (Å²) >= 11 is 0. The summed E-state index contributed by atoms with van der Waals surface area (Å²) in [6, 6.07) is 9.77. The minimum atomic E-state index is 0.255. The number of morpholine rings is 1. The minimum absolute atomic E-state index is 0.255. The first-order chi connectivity index (χ1) is 13.7. The molecule has 1 saturated carbocycles. The first-order valence-corrected chi connectivity index (χ1v) is 11.0. The van der Waals surface area contributed by atoms with Crippen LogP contribution in [0.25, 0.3) is 0 Å². The molecule has 2 saturated heterocycles. The topological polar surface area (TPSA) is 40.1 Å². The highest BCUT2D eigenvalue weighted by Gasteiger charge is 2.37. The van der Waals surface area contributed by atoms with Crippen molar-refractivity contribution in [3.8, 4) is 0 Å². The number of rotatable bonds is 4. The minimum Gasteiger partial charge on any atom is -0.379 e. The Morgan fingerprint density at radius 3 is 2.71 bits per heavy atom. The van der Waals surface area contributed by atoms with E-state index in [4.69, 9.17) is 4.74 Å². The zero-order valence-corrected chi connectivity index (χ0v) is 17.6. The zero-order chi connectivity index (χ0) is 19.4. The van der Waals surface area contributed by atoms with Crippen molar-refractivity contribution < 1.29 is 4.74 Å². The molecule has 3 aliphatic rings. The van der Waals surface area contributed by atoms with E-state index in [0.717, 1.165) is 51.9 Å². The molecule has 1 aliphatic carbocycles. The van der Waals surface area contributed by atoms with Gasteiger partial charge in [0.2, 0.25) is 0 Å².